The number of benzene rings is 4. The molecule has 1 aromatic heterocycles. The summed E-state index contributed by atoms with van der Waals surface area (Å²) in [5.74, 6) is 1.78. The zero-order valence-corrected chi connectivity index (χ0v) is 30.7. The van der Waals surface area contributed by atoms with Crippen molar-refractivity contribution in [2.45, 2.75) is 84.2 Å². The van der Waals surface area contributed by atoms with Crippen LogP contribution in [0.25, 0.3) is 0 Å². The Hall–Kier alpha value is -4.39. The van der Waals surface area contributed by atoms with Crippen molar-refractivity contribution >= 4 is 20.4 Å². The maximum absolute atomic E-state index is 14.4. The van der Waals surface area contributed by atoms with Crippen LogP contribution in [0.5, 0.6) is 17.2 Å². The van der Waals surface area contributed by atoms with Gasteiger partial charge in [-0.15, -0.1) is 0 Å². The van der Waals surface area contributed by atoms with Crippen LogP contribution in [0.4, 0.5) is 0 Å². The highest BCUT2D eigenvalue weighted by Crippen LogP contribution is 2.71. The van der Waals surface area contributed by atoms with Crippen LogP contribution < -0.4 is 14.2 Å². The topological polar surface area (TPSA) is 102 Å². The summed E-state index contributed by atoms with van der Waals surface area (Å²) in [5.41, 5.74) is 1.70. The van der Waals surface area contributed by atoms with Gasteiger partial charge in [-0.05, 0) is 134 Å². The van der Waals surface area contributed by atoms with E-state index in [9.17, 15) is 8.42 Å². The molecule has 0 bridgehead atoms. The van der Waals surface area contributed by atoms with Gasteiger partial charge in [-0.1, -0.05) is 29.8 Å². The normalized spacial score (nSPS) is 19.6. The number of aromatic nitrogens is 1. The Labute approximate surface area is 307 Å². The molecule has 0 saturated carbocycles. The average Bonchev–Trinajstić information content (AvgIpc) is 3.18. The van der Waals surface area contributed by atoms with E-state index in [-0.39, 0.29) is 24.1 Å². The second-order valence-electron chi connectivity index (χ2n) is 12.7. The number of aryl methyl sites for hydroxylation is 1. The second kappa shape index (κ2) is 16.5. The molecule has 2 saturated heterocycles. The molecule has 2 aliphatic heterocycles. The van der Waals surface area contributed by atoms with Crippen LogP contribution in [0, 0.1) is 6.92 Å². The van der Waals surface area contributed by atoms with E-state index < -0.39 is 20.4 Å². The fourth-order valence-corrected chi connectivity index (χ4v) is 11.3. The Bertz CT molecular complexity index is 1930. The van der Waals surface area contributed by atoms with Gasteiger partial charge in [0.05, 0.1) is 23.8 Å². The molecule has 0 N–H and O–H groups in total. The Balaban J connectivity index is 1.33. The summed E-state index contributed by atoms with van der Waals surface area (Å²) in [6.45, 7) is 3.46. The molecule has 2 unspecified atom stereocenters. The quantitative estimate of drug-likeness (QED) is 0.117. The van der Waals surface area contributed by atoms with Crippen LogP contribution in [0.2, 0.25) is 0 Å². The van der Waals surface area contributed by atoms with Gasteiger partial charge in [0, 0.05) is 33.7 Å². The number of ether oxygens (including phenoxy) is 5. The van der Waals surface area contributed by atoms with E-state index in [1.54, 1.807) is 30.5 Å². The minimum atomic E-state index is -4.33. The standard InChI is InChI=1S/C41H43NO8S2/c1-31-14-20-38(21-15-31)52(43,44)50-51(36-22-16-33(17-23-36)48-40-12-3-6-27-45-40,37-24-18-34(19-25-37)49-41-13-4-7-28-46-41)39-11-8-10-35(29-39)47-30-32-9-2-5-26-42-32/h2,5,8-11,14-26,29,40-41H,3-4,6-7,12-13,27-28,30H2,1H3. The van der Waals surface area contributed by atoms with Crippen molar-refractivity contribution in [3.8, 4) is 17.2 Å². The van der Waals surface area contributed by atoms with E-state index in [0.29, 0.717) is 45.1 Å². The lowest BCUT2D eigenvalue weighted by atomic mass is 10.2. The number of pyridine rings is 1. The van der Waals surface area contributed by atoms with Gasteiger partial charge < -0.3 is 23.7 Å². The summed E-state index contributed by atoms with van der Waals surface area (Å²) in [7, 11) is -7.34. The molecule has 0 spiro atoms. The molecule has 2 fully saturated rings. The third kappa shape index (κ3) is 8.62. The van der Waals surface area contributed by atoms with Crippen molar-refractivity contribution in [2.24, 2.45) is 0 Å². The summed E-state index contributed by atoms with van der Waals surface area (Å²) >= 11 is 0. The van der Waals surface area contributed by atoms with Gasteiger partial charge in [0.1, 0.15) is 23.9 Å². The molecule has 2 aliphatic rings. The van der Waals surface area contributed by atoms with Crippen molar-refractivity contribution in [3.63, 3.8) is 0 Å². The van der Waals surface area contributed by atoms with E-state index in [0.717, 1.165) is 49.8 Å². The van der Waals surface area contributed by atoms with Crippen molar-refractivity contribution in [1.29, 1.82) is 0 Å². The SMILES string of the molecule is Cc1ccc(S(=O)(=O)OS(c2ccc(OC3CCCCO3)cc2)(c2ccc(OC3CCCCO3)cc2)c2cccc(OCc3ccccn3)c2)cc1. The number of hydrogen-bond donors (Lipinski definition) is 0. The first-order chi connectivity index (χ1) is 25.4. The molecule has 3 heterocycles. The lowest BCUT2D eigenvalue weighted by Crippen LogP contribution is -2.25. The molecular weight excluding hydrogens is 699 g/mol. The first-order valence-electron chi connectivity index (χ1n) is 17.6. The second-order valence-corrected chi connectivity index (χ2v) is 17.2. The van der Waals surface area contributed by atoms with Crippen LogP contribution in [0.3, 0.4) is 0 Å². The average molecular weight is 742 g/mol. The minimum absolute atomic E-state index is 0.0568. The largest absolute Gasteiger partial charge is 0.487 e. The van der Waals surface area contributed by atoms with E-state index >= 15 is 0 Å². The highest BCUT2D eigenvalue weighted by molar-refractivity contribution is 8.33. The molecule has 0 aliphatic carbocycles. The highest BCUT2D eigenvalue weighted by atomic mass is 32.3. The van der Waals surface area contributed by atoms with Crippen molar-refractivity contribution in [3.05, 3.63) is 133 Å². The van der Waals surface area contributed by atoms with Crippen LogP contribution in [-0.2, 0) is 29.8 Å². The van der Waals surface area contributed by atoms with Crippen LogP contribution in [0.15, 0.2) is 141 Å². The van der Waals surface area contributed by atoms with Gasteiger partial charge in [0.25, 0.3) is 0 Å². The molecular formula is C41H43NO8S2. The number of hydrogen-bond acceptors (Lipinski definition) is 9. The van der Waals surface area contributed by atoms with E-state index in [2.05, 4.69) is 4.98 Å². The minimum Gasteiger partial charge on any atom is -0.487 e. The van der Waals surface area contributed by atoms with Gasteiger partial charge >= 0.3 is 10.1 Å². The van der Waals surface area contributed by atoms with Gasteiger partial charge in [-0.3, -0.25) is 4.98 Å². The molecule has 9 nitrogen and oxygen atoms in total. The molecule has 5 aromatic rings. The highest BCUT2D eigenvalue weighted by Gasteiger charge is 2.39. The smallest absolute Gasteiger partial charge is 0.307 e. The predicted octanol–water partition coefficient (Wildman–Crippen LogP) is 9.38. The van der Waals surface area contributed by atoms with E-state index in [4.69, 9.17) is 27.3 Å². The van der Waals surface area contributed by atoms with Gasteiger partial charge in [0.15, 0.2) is 12.6 Å². The summed E-state index contributed by atoms with van der Waals surface area (Å²) in [5, 5.41) is 0. The first-order valence-corrected chi connectivity index (χ1v) is 20.6. The van der Waals surface area contributed by atoms with Gasteiger partial charge in [0.2, 0.25) is 0 Å². The number of rotatable bonds is 13. The summed E-state index contributed by atoms with van der Waals surface area (Å²) < 4.78 is 65.7. The first kappa shape index (κ1) is 36.0. The fraction of sp³-hybridized carbons (Fsp3) is 0.293. The van der Waals surface area contributed by atoms with Crippen LogP contribution in [0.1, 0.15) is 49.8 Å². The van der Waals surface area contributed by atoms with Crippen LogP contribution >= 0.6 is 10.3 Å². The third-order valence-corrected chi connectivity index (χ3v) is 14.0. The van der Waals surface area contributed by atoms with Crippen molar-refractivity contribution < 1.29 is 35.7 Å². The zero-order valence-electron chi connectivity index (χ0n) is 29.1. The molecule has 272 valence electrons. The van der Waals surface area contributed by atoms with Gasteiger partial charge in [-0.2, -0.15) is 8.42 Å². The maximum atomic E-state index is 14.4. The van der Waals surface area contributed by atoms with E-state index in [1.165, 1.54) is 0 Å². The predicted molar refractivity (Wildman–Crippen MR) is 198 cm³/mol. The Morgan fingerprint density at radius 3 is 1.77 bits per heavy atom. The lowest BCUT2D eigenvalue weighted by molar-refractivity contribution is -0.106. The molecule has 7 rings (SSSR count). The molecule has 52 heavy (non-hydrogen) atoms. The monoisotopic (exact) mass is 741 g/mol. The lowest BCUT2D eigenvalue weighted by Gasteiger charge is -2.39. The van der Waals surface area contributed by atoms with Gasteiger partial charge in [-0.25, -0.2) is 3.63 Å². The zero-order chi connectivity index (χ0) is 35.8. The summed E-state index contributed by atoms with van der Waals surface area (Å²) in [4.78, 5) is 6.35. The molecule has 4 aromatic carbocycles. The summed E-state index contributed by atoms with van der Waals surface area (Å²) in [6.07, 6.45) is 6.76. The molecule has 0 amide bonds. The van der Waals surface area contributed by atoms with Crippen molar-refractivity contribution in [1.82, 2.24) is 4.98 Å². The molecule has 0 radical (unpaired) electrons. The van der Waals surface area contributed by atoms with E-state index in [1.807, 2.05) is 97.9 Å². The fourth-order valence-electron chi connectivity index (χ4n) is 6.12. The van der Waals surface area contributed by atoms with Crippen LogP contribution in [-0.4, -0.2) is 39.2 Å². The third-order valence-electron chi connectivity index (χ3n) is 8.87. The molecule has 11 heteroatoms. The Morgan fingerprint density at radius 1 is 0.635 bits per heavy atom. The summed E-state index contributed by atoms with van der Waals surface area (Å²) in [6, 6.07) is 34.6. The van der Waals surface area contributed by atoms with Crippen molar-refractivity contribution in [2.75, 3.05) is 13.2 Å². The number of nitrogens with zero attached hydrogens (tertiary/aromatic N) is 1. The Morgan fingerprint density at radius 2 is 1.23 bits per heavy atom. The maximum Gasteiger partial charge on any atom is 0.307 e. The molecule has 2 atom stereocenters. The Kier molecular flexibility index (Phi) is 11.4.